The summed E-state index contributed by atoms with van der Waals surface area (Å²) in [5, 5.41) is 8.26. The molecule has 0 radical (unpaired) electrons. The maximum Gasteiger partial charge on any atom is 0.251 e. The van der Waals surface area contributed by atoms with Crippen LogP contribution in [0.3, 0.4) is 0 Å². The van der Waals surface area contributed by atoms with Crippen LogP contribution in [0.2, 0.25) is 10.0 Å². The fourth-order valence-corrected chi connectivity index (χ4v) is 3.30. The highest BCUT2D eigenvalue weighted by Crippen LogP contribution is 2.28. The van der Waals surface area contributed by atoms with E-state index in [1.54, 1.807) is 36.5 Å². The lowest BCUT2D eigenvalue weighted by molar-refractivity contribution is 0.0938. The number of halogens is 2. The highest BCUT2D eigenvalue weighted by atomic mass is 35.5. The number of amides is 1. The van der Waals surface area contributed by atoms with Crippen LogP contribution in [-0.4, -0.2) is 15.7 Å². The molecule has 0 aliphatic rings. The first-order valence-electron chi connectivity index (χ1n) is 8.97. The van der Waals surface area contributed by atoms with Crippen LogP contribution >= 0.6 is 23.2 Å². The van der Waals surface area contributed by atoms with Crippen LogP contribution in [0.4, 0.5) is 0 Å². The first-order chi connectivity index (χ1) is 13.5. The van der Waals surface area contributed by atoms with Crippen molar-refractivity contribution >= 4 is 29.1 Å². The summed E-state index contributed by atoms with van der Waals surface area (Å²) >= 11 is 12.0. The molecule has 1 heterocycles. The highest BCUT2D eigenvalue weighted by Gasteiger charge is 2.14. The van der Waals surface area contributed by atoms with Crippen molar-refractivity contribution in [2.45, 2.75) is 33.0 Å². The second kappa shape index (κ2) is 9.13. The van der Waals surface area contributed by atoms with Gasteiger partial charge in [0.25, 0.3) is 5.91 Å². The third-order valence-electron chi connectivity index (χ3n) is 4.34. The summed E-state index contributed by atoms with van der Waals surface area (Å²) in [5.74, 6) is 0.429. The van der Waals surface area contributed by atoms with Crippen LogP contribution in [0.15, 0.2) is 54.7 Å². The third kappa shape index (κ3) is 4.86. The maximum absolute atomic E-state index is 12.5. The molecule has 3 aromatic rings. The van der Waals surface area contributed by atoms with Crippen molar-refractivity contribution in [2.24, 2.45) is 0 Å². The van der Waals surface area contributed by atoms with Gasteiger partial charge in [0.05, 0.1) is 16.8 Å². The van der Waals surface area contributed by atoms with Gasteiger partial charge in [-0.3, -0.25) is 9.48 Å². The zero-order chi connectivity index (χ0) is 20.1. The number of nitrogens with zero attached hydrogens (tertiary/aromatic N) is 2. The monoisotopic (exact) mass is 417 g/mol. The van der Waals surface area contributed by atoms with Gasteiger partial charge in [-0.25, -0.2) is 0 Å². The summed E-state index contributed by atoms with van der Waals surface area (Å²) in [7, 11) is 0. The fraction of sp³-hybridized carbons (Fsp3) is 0.238. The molecule has 2 aromatic carbocycles. The van der Waals surface area contributed by atoms with Gasteiger partial charge in [0.1, 0.15) is 12.4 Å². The van der Waals surface area contributed by atoms with Crippen molar-refractivity contribution in [3.63, 3.8) is 0 Å². The number of hydrogen-bond acceptors (Lipinski definition) is 3. The van der Waals surface area contributed by atoms with Gasteiger partial charge in [-0.15, -0.1) is 0 Å². The maximum atomic E-state index is 12.5. The summed E-state index contributed by atoms with van der Waals surface area (Å²) in [5.41, 5.74) is 2.49. The van der Waals surface area contributed by atoms with E-state index in [9.17, 15) is 4.79 Å². The largest absolute Gasteiger partial charge is 0.487 e. The Morgan fingerprint density at radius 3 is 2.61 bits per heavy atom. The number of carbonyl (C=O) groups excluding carboxylic acids is 1. The molecule has 1 N–H and O–H groups in total. The Bertz CT molecular complexity index is 955. The smallest absolute Gasteiger partial charge is 0.251 e. The second-order valence-corrected chi connectivity index (χ2v) is 7.17. The van der Waals surface area contributed by atoms with Crippen LogP contribution in [0.5, 0.6) is 5.75 Å². The Morgan fingerprint density at radius 1 is 1.18 bits per heavy atom. The predicted molar refractivity (Wildman–Crippen MR) is 111 cm³/mol. The number of aromatic nitrogens is 2. The molecule has 0 spiro atoms. The number of ether oxygens (including phenoxy) is 1. The van der Waals surface area contributed by atoms with Crippen LogP contribution in [0.1, 0.15) is 41.5 Å². The van der Waals surface area contributed by atoms with Gasteiger partial charge >= 0.3 is 0 Å². The molecule has 3 rings (SSSR count). The molecule has 5 nitrogen and oxygen atoms in total. The molecule has 0 saturated carbocycles. The lowest BCUT2D eigenvalue weighted by atomic mass is 10.1. The van der Waals surface area contributed by atoms with Crippen molar-refractivity contribution in [1.82, 2.24) is 15.1 Å². The van der Waals surface area contributed by atoms with Crippen LogP contribution in [0, 0.1) is 0 Å². The highest BCUT2D eigenvalue weighted by molar-refractivity contribution is 6.35. The molecule has 1 aromatic heterocycles. The van der Waals surface area contributed by atoms with E-state index in [0.717, 1.165) is 17.8 Å². The Hall–Kier alpha value is -2.50. The van der Waals surface area contributed by atoms with Gasteiger partial charge in [-0.1, -0.05) is 35.3 Å². The first kappa shape index (κ1) is 20.2. The summed E-state index contributed by atoms with van der Waals surface area (Å²) in [6, 6.07) is 14.2. The van der Waals surface area contributed by atoms with Gasteiger partial charge in [-0.05, 0) is 55.8 Å². The molecule has 1 atom stereocenters. The molecule has 1 amide bonds. The summed E-state index contributed by atoms with van der Waals surface area (Å²) < 4.78 is 7.58. The summed E-state index contributed by atoms with van der Waals surface area (Å²) in [6.45, 7) is 5.06. The van der Waals surface area contributed by atoms with Crippen molar-refractivity contribution in [3.05, 3.63) is 81.6 Å². The average molecular weight is 418 g/mol. The normalized spacial score (nSPS) is 11.9. The van der Waals surface area contributed by atoms with E-state index in [1.165, 1.54) is 0 Å². The molecule has 7 heteroatoms. The van der Waals surface area contributed by atoms with E-state index < -0.39 is 0 Å². The fourth-order valence-electron chi connectivity index (χ4n) is 2.83. The number of hydrogen-bond donors (Lipinski definition) is 1. The van der Waals surface area contributed by atoms with E-state index in [1.807, 2.05) is 36.7 Å². The first-order valence-corrected chi connectivity index (χ1v) is 9.73. The lowest BCUT2D eigenvalue weighted by Crippen LogP contribution is -2.28. The zero-order valence-electron chi connectivity index (χ0n) is 15.7. The predicted octanol–water partition coefficient (Wildman–Crippen LogP) is 5.28. The van der Waals surface area contributed by atoms with E-state index in [2.05, 4.69) is 10.4 Å². The van der Waals surface area contributed by atoms with Crippen LogP contribution in [0.25, 0.3) is 0 Å². The average Bonchev–Trinajstić information content (AvgIpc) is 3.16. The van der Waals surface area contributed by atoms with Crippen molar-refractivity contribution in [3.8, 4) is 5.75 Å². The SMILES string of the molecule is CCn1nccc1C(C)NC(=O)c1ccc(COc2ccc(Cl)cc2Cl)cc1. The molecule has 0 bridgehead atoms. The zero-order valence-corrected chi connectivity index (χ0v) is 17.2. The van der Waals surface area contributed by atoms with Crippen molar-refractivity contribution < 1.29 is 9.53 Å². The Labute approximate surface area is 174 Å². The van der Waals surface area contributed by atoms with Crippen LogP contribution in [-0.2, 0) is 13.2 Å². The van der Waals surface area contributed by atoms with E-state index in [4.69, 9.17) is 27.9 Å². The molecule has 0 aliphatic carbocycles. The number of benzene rings is 2. The Balaban J connectivity index is 1.59. The van der Waals surface area contributed by atoms with Gasteiger partial charge < -0.3 is 10.1 Å². The topological polar surface area (TPSA) is 56.2 Å². The Kier molecular flexibility index (Phi) is 6.60. The van der Waals surface area contributed by atoms with Gasteiger partial charge in [0.2, 0.25) is 0 Å². The Morgan fingerprint density at radius 2 is 1.93 bits per heavy atom. The second-order valence-electron chi connectivity index (χ2n) is 6.33. The standard InChI is InChI=1S/C21H21Cl2N3O2/c1-3-26-19(10-11-24-26)14(2)25-21(27)16-6-4-15(5-7-16)13-28-20-9-8-17(22)12-18(20)23/h4-12,14H,3,13H2,1-2H3,(H,25,27). The van der Waals surface area contributed by atoms with Crippen molar-refractivity contribution in [2.75, 3.05) is 0 Å². The molecule has 1 unspecified atom stereocenters. The molecule has 0 fully saturated rings. The molecular formula is C21H21Cl2N3O2. The lowest BCUT2D eigenvalue weighted by Gasteiger charge is -2.15. The van der Waals surface area contributed by atoms with Crippen LogP contribution < -0.4 is 10.1 Å². The molecule has 146 valence electrons. The molecular weight excluding hydrogens is 397 g/mol. The minimum absolute atomic E-state index is 0.134. The van der Waals surface area contributed by atoms with E-state index in [0.29, 0.717) is 28.0 Å². The summed E-state index contributed by atoms with van der Waals surface area (Å²) in [6.07, 6.45) is 1.74. The molecule has 0 aliphatic heterocycles. The minimum atomic E-state index is -0.135. The van der Waals surface area contributed by atoms with Gasteiger partial charge in [0, 0.05) is 23.3 Å². The van der Waals surface area contributed by atoms with E-state index >= 15 is 0 Å². The number of rotatable bonds is 7. The molecule has 28 heavy (non-hydrogen) atoms. The van der Waals surface area contributed by atoms with Crippen molar-refractivity contribution in [1.29, 1.82) is 0 Å². The molecule has 0 saturated heterocycles. The number of aryl methyl sites for hydroxylation is 1. The third-order valence-corrected chi connectivity index (χ3v) is 4.88. The number of nitrogens with one attached hydrogen (secondary N) is 1. The summed E-state index contributed by atoms with van der Waals surface area (Å²) in [4.78, 5) is 12.5. The minimum Gasteiger partial charge on any atom is -0.487 e. The van der Waals surface area contributed by atoms with Gasteiger partial charge in [0.15, 0.2) is 0 Å². The van der Waals surface area contributed by atoms with Gasteiger partial charge in [-0.2, -0.15) is 5.10 Å². The van der Waals surface area contributed by atoms with E-state index in [-0.39, 0.29) is 11.9 Å². The quantitative estimate of drug-likeness (QED) is 0.568. The number of carbonyl (C=O) groups is 1.